The SMILES string of the molecule is CCCCCCCCCCCCCCCCCCNC(=O)OC1CSC1. The zero-order chi connectivity index (χ0) is 18.7. The highest BCUT2D eigenvalue weighted by Crippen LogP contribution is 2.20. The van der Waals surface area contributed by atoms with Crippen LogP contribution in [0.15, 0.2) is 0 Å². The van der Waals surface area contributed by atoms with E-state index >= 15 is 0 Å². The molecule has 1 rings (SSSR count). The Morgan fingerprint density at radius 2 is 1.19 bits per heavy atom. The molecule has 26 heavy (non-hydrogen) atoms. The van der Waals surface area contributed by atoms with Crippen molar-refractivity contribution in [3.8, 4) is 0 Å². The fraction of sp³-hybridized carbons (Fsp3) is 0.955. The molecule has 0 aromatic heterocycles. The van der Waals surface area contributed by atoms with Gasteiger partial charge in [-0.05, 0) is 6.42 Å². The van der Waals surface area contributed by atoms with Gasteiger partial charge in [-0.15, -0.1) is 0 Å². The molecule has 154 valence electrons. The van der Waals surface area contributed by atoms with Crippen LogP contribution in [0.4, 0.5) is 4.79 Å². The minimum absolute atomic E-state index is 0.158. The van der Waals surface area contributed by atoms with E-state index in [1.165, 1.54) is 96.3 Å². The number of carbonyl (C=O) groups is 1. The molecule has 1 aliphatic rings. The number of rotatable bonds is 18. The normalized spacial score (nSPS) is 14.2. The Bertz CT molecular complexity index is 321. The van der Waals surface area contributed by atoms with Gasteiger partial charge in [-0.1, -0.05) is 103 Å². The van der Waals surface area contributed by atoms with Gasteiger partial charge in [-0.2, -0.15) is 11.8 Å². The van der Waals surface area contributed by atoms with E-state index in [0.29, 0.717) is 0 Å². The van der Waals surface area contributed by atoms with Crippen LogP contribution in [0, 0.1) is 0 Å². The molecule has 0 unspecified atom stereocenters. The van der Waals surface area contributed by atoms with Gasteiger partial charge in [0.25, 0.3) is 0 Å². The van der Waals surface area contributed by atoms with Crippen molar-refractivity contribution in [2.45, 2.75) is 116 Å². The molecular formula is C22H43NO2S. The molecule has 4 heteroatoms. The molecule has 0 aliphatic carbocycles. The van der Waals surface area contributed by atoms with Crippen molar-refractivity contribution in [3.63, 3.8) is 0 Å². The number of alkyl carbamates (subject to hydrolysis) is 1. The molecule has 3 nitrogen and oxygen atoms in total. The summed E-state index contributed by atoms with van der Waals surface area (Å²) in [6, 6.07) is 0. The maximum atomic E-state index is 11.5. The van der Waals surface area contributed by atoms with Crippen molar-refractivity contribution in [3.05, 3.63) is 0 Å². The third-order valence-electron chi connectivity index (χ3n) is 5.18. The van der Waals surface area contributed by atoms with Crippen LogP contribution in [0.5, 0.6) is 0 Å². The lowest BCUT2D eigenvalue weighted by Gasteiger charge is -2.24. The Balaban J connectivity index is 1.66. The molecule has 1 aliphatic heterocycles. The molecular weight excluding hydrogens is 342 g/mol. The first-order valence-electron chi connectivity index (χ1n) is 11.3. The lowest BCUT2D eigenvalue weighted by atomic mass is 10.0. The highest BCUT2D eigenvalue weighted by atomic mass is 32.2. The number of thioether (sulfide) groups is 1. The van der Waals surface area contributed by atoms with E-state index in [0.717, 1.165) is 24.5 Å². The number of ether oxygens (including phenoxy) is 1. The monoisotopic (exact) mass is 385 g/mol. The third kappa shape index (κ3) is 14.8. The first-order chi connectivity index (χ1) is 12.8. The minimum atomic E-state index is -0.226. The molecule has 1 saturated heterocycles. The number of amides is 1. The molecule has 0 atom stereocenters. The van der Waals surface area contributed by atoms with Crippen molar-refractivity contribution in [1.29, 1.82) is 0 Å². The molecule has 0 radical (unpaired) electrons. The van der Waals surface area contributed by atoms with E-state index in [-0.39, 0.29) is 12.2 Å². The van der Waals surface area contributed by atoms with Gasteiger partial charge in [0.2, 0.25) is 0 Å². The van der Waals surface area contributed by atoms with Crippen LogP contribution in [0.3, 0.4) is 0 Å². The van der Waals surface area contributed by atoms with Gasteiger partial charge in [0.05, 0.1) is 0 Å². The number of unbranched alkanes of at least 4 members (excludes halogenated alkanes) is 15. The molecule has 1 heterocycles. The Kier molecular flexibility index (Phi) is 16.4. The first-order valence-corrected chi connectivity index (χ1v) is 12.5. The summed E-state index contributed by atoms with van der Waals surface area (Å²) < 4.78 is 5.24. The van der Waals surface area contributed by atoms with Gasteiger partial charge >= 0.3 is 6.09 Å². The van der Waals surface area contributed by atoms with Crippen LogP contribution in [0.2, 0.25) is 0 Å². The van der Waals surface area contributed by atoms with Crippen LogP contribution in [-0.4, -0.2) is 30.2 Å². The standard InChI is InChI=1S/C22H43NO2S/c1-2-3-4-5-6-7-8-9-10-11-12-13-14-15-16-17-18-23-22(24)25-21-19-26-20-21/h21H,2-20H2,1H3,(H,23,24). The maximum absolute atomic E-state index is 11.5. The molecule has 0 aromatic carbocycles. The fourth-order valence-electron chi connectivity index (χ4n) is 3.34. The average Bonchev–Trinajstić information content (AvgIpc) is 2.61. The van der Waals surface area contributed by atoms with Gasteiger partial charge in [0.15, 0.2) is 0 Å². The van der Waals surface area contributed by atoms with E-state index in [9.17, 15) is 4.79 Å². The first kappa shape index (κ1) is 23.7. The lowest BCUT2D eigenvalue weighted by Crippen LogP contribution is -2.36. The van der Waals surface area contributed by atoms with E-state index in [1.807, 2.05) is 11.8 Å². The van der Waals surface area contributed by atoms with E-state index in [2.05, 4.69) is 12.2 Å². The topological polar surface area (TPSA) is 38.3 Å². The zero-order valence-electron chi connectivity index (χ0n) is 17.2. The zero-order valence-corrected chi connectivity index (χ0v) is 18.1. The summed E-state index contributed by atoms with van der Waals surface area (Å²) in [5.74, 6) is 1.93. The Morgan fingerprint density at radius 1 is 0.769 bits per heavy atom. The summed E-state index contributed by atoms with van der Waals surface area (Å²) in [5.41, 5.74) is 0. The summed E-state index contributed by atoms with van der Waals surface area (Å²) in [6.45, 7) is 3.04. The predicted octanol–water partition coefficient (Wildman–Crippen LogP) is 7.09. The van der Waals surface area contributed by atoms with Crippen molar-refractivity contribution < 1.29 is 9.53 Å². The van der Waals surface area contributed by atoms with Gasteiger partial charge in [-0.3, -0.25) is 0 Å². The summed E-state index contributed by atoms with van der Waals surface area (Å²) in [5, 5.41) is 2.86. The molecule has 1 amide bonds. The van der Waals surface area contributed by atoms with Crippen molar-refractivity contribution in [2.24, 2.45) is 0 Å². The summed E-state index contributed by atoms with van der Waals surface area (Å²) >= 11 is 1.83. The molecule has 1 N–H and O–H groups in total. The van der Waals surface area contributed by atoms with Crippen LogP contribution in [0.1, 0.15) is 110 Å². The Labute approximate surface area is 166 Å². The Morgan fingerprint density at radius 3 is 1.58 bits per heavy atom. The number of carbonyl (C=O) groups excluding carboxylic acids is 1. The summed E-state index contributed by atoms with van der Waals surface area (Å²) in [7, 11) is 0. The fourth-order valence-corrected chi connectivity index (χ4v) is 3.90. The lowest BCUT2D eigenvalue weighted by molar-refractivity contribution is 0.115. The second kappa shape index (κ2) is 18.0. The van der Waals surface area contributed by atoms with Gasteiger partial charge in [0.1, 0.15) is 6.10 Å². The summed E-state index contributed by atoms with van der Waals surface area (Å²) in [4.78, 5) is 11.5. The average molecular weight is 386 g/mol. The number of hydrogen-bond donors (Lipinski definition) is 1. The van der Waals surface area contributed by atoms with Gasteiger partial charge < -0.3 is 10.1 Å². The number of hydrogen-bond acceptors (Lipinski definition) is 3. The van der Waals surface area contributed by atoms with Crippen LogP contribution >= 0.6 is 11.8 Å². The molecule has 0 saturated carbocycles. The van der Waals surface area contributed by atoms with Crippen molar-refractivity contribution in [2.75, 3.05) is 18.1 Å². The van der Waals surface area contributed by atoms with E-state index in [4.69, 9.17) is 4.74 Å². The quantitative estimate of drug-likeness (QED) is 0.256. The second-order valence-electron chi connectivity index (χ2n) is 7.79. The molecule has 1 fully saturated rings. The molecule has 0 bridgehead atoms. The smallest absolute Gasteiger partial charge is 0.407 e. The highest BCUT2D eigenvalue weighted by Gasteiger charge is 2.21. The van der Waals surface area contributed by atoms with Crippen LogP contribution in [-0.2, 0) is 4.74 Å². The van der Waals surface area contributed by atoms with Gasteiger partial charge in [-0.25, -0.2) is 4.79 Å². The molecule has 0 spiro atoms. The maximum Gasteiger partial charge on any atom is 0.407 e. The minimum Gasteiger partial charge on any atom is -0.444 e. The number of nitrogens with one attached hydrogen (secondary N) is 1. The van der Waals surface area contributed by atoms with Crippen LogP contribution < -0.4 is 5.32 Å². The largest absolute Gasteiger partial charge is 0.444 e. The Hall–Kier alpha value is -0.380. The van der Waals surface area contributed by atoms with Crippen LogP contribution in [0.25, 0.3) is 0 Å². The molecule has 0 aromatic rings. The van der Waals surface area contributed by atoms with E-state index < -0.39 is 0 Å². The van der Waals surface area contributed by atoms with Gasteiger partial charge in [0, 0.05) is 18.1 Å². The van der Waals surface area contributed by atoms with E-state index in [1.54, 1.807) is 0 Å². The second-order valence-corrected chi connectivity index (χ2v) is 8.87. The summed E-state index contributed by atoms with van der Waals surface area (Å²) in [6.07, 6.45) is 22.0. The third-order valence-corrected chi connectivity index (χ3v) is 6.40. The predicted molar refractivity (Wildman–Crippen MR) is 115 cm³/mol. The van der Waals surface area contributed by atoms with Crippen molar-refractivity contribution in [1.82, 2.24) is 5.32 Å². The van der Waals surface area contributed by atoms with Crippen molar-refractivity contribution >= 4 is 17.9 Å². The highest BCUT2D eigenvalue weighted by molar-refractivity contribution is 8.00.